The first kappa shape index (κ1) is 34.4. The first-order chi connectivity index (χ1) is 23.9. The maximum Gasteiger partial charge on any atom is 0.337 e. The molecule has 3 aromatic heterocycles. The highest BCUT2D eigenvalue weighted by atomic mass is 19.1. The lowest BCUT2D eigenvalue weighted by atomic mass is 9.86. The van der Waals surface area contributed by atoms with Gasteiger partial charge in [-0.25, -0.2) is 19.2 Å². The van der Waals surface area contributed by atoms with Gasteiger partial charge in [0.25, 0.3) is 0 Å². The highest BCUT2D eigenvalue weighted by molar-refractivity contribution is 6.01. The van der Waals surface area contributed by atoms with Gasteiger partial charge >= 0.3 is 5.97 Å². The van der Waals surface area contributed by atoms with Crippen molar-refractivity contribution in [2.24, 2.45) is 7.05 Å². The molecule has 1 aromatic carbocycles. The van der Waals surface area contributed by atoms with Crippen LogP contribution in [0.4, 0.5) is 10.2 Å². The zero-order chi connectivity index (χ0) is 35.3. The van der Waals surface area contributed by atoms with Crippen molar-refractivity contribution in [3.05, 3.63) is 58.7 Å². The van der Waals surface area contributed by atoms with E-state index >= 15 is 4.39 Å². The zero-order valence-corrected chi connectivity index (χ0v) is 30.0. The van der Waals surface area contributed by atoms with E-state index in [0.29, 0.717) is 47.1 Å². The Kier molecular flexibility index (Phi) is 9.34. The number of rotatable bonds is 7. The molecule has 7 rings (SSSR count). The van der Waals surface area contributed by atoms with Gasteiger partial charge in [-0.05, 0) is 95.7 Å². The number of piperazine rings is 1. The molecule has 0 saturated carbocycles. The summed E-state index contributed by atoms with van der Waals surface area (Å²) in [6.07, 6.45) is 4.16. The predicted molar refractivity (Wildman–Crippen MR) is 191 cm³/mol. The molecule has 6 heterocycles. The summed E-state index contributed by atoms with van der Waals surface area (Å²) >= 11 is 0. The summed E-state index contributed by atoms with van der Waals surface area (Å²) in [6, 6.07) is 8.24. The fourth-order valence-corrected chi connectivity index (χ4v) is 7.97. The van der Waals surface area contributed by atoms with Crippen molar-refractivity contribution in [2.75, 3.05) is 50.9 Å². The van der Waals surface area contributed by atoms with Gasteiger partial charge in [-0.2, -0.15) is 0 Å². The average molecular weight is 686 g/mol. The predicted octanol–water partition coefficient (Wildman–Crippen LogP) is 6.63. The molecule has 4 aromatic rings. The third kappa shape index (κ3) is 6.47. The first-order valence-electron chi connectivity index (χ1n) is 17.8. The fourth-order valence-electron chi connectivity index (χ4n) is 7.97. The number of anilines is 1. The SMILES string of the molecule is Cc1nc2c(cc(-c3ccnc(N4CCN(C5CCOCC5)CC4)c3)n2C)c(-c2cc(F)c3c(c2C)CCCO3)c1C(OC(C)(C)C)C(=O)O. The molecule has 2 fully saturated rings. The lowest BCUT2D eigenvalue weighted by molar-refractivity contribution is -0.160. The topological polar surface area (TPSA) is 102 Å². The Morgan fingerprint density at radius 3 is 2.52 bits per heavy atom. The van der Waals surface area contributed by atoms with Crippen LogP contribution in [0.25, 0.3) is 33.4 Å². The smallest absolute Gasteiger partial charge is 0.337 e. The molecule has 0 spiro atoms. The number of carboxylic acid groups (broad SMARTS) is 1. The van der Waals surface area contributed by atoms with Crippen molar-refractivity contribution >= 4 is 22.8 Å². The van der Waals surface area contributed by atoms with Gasteiger partial charge in [0.2, 0.25) is 0 Å². The summed E-state index contributed by atoms with van der Waals surface area (Å²) in [5.41, 5.74) is 5.64. The maximum atomic E-state index is 15.8. The van der Waals surface area contributed by atoms with Crippen LogP contribution in [0.15, 0.2) is 30.5 Å². The molecule has 10 nitrogen and oxygen atoms in total. The fraction of sp³-hybridized carbons (Fsp3) is 0.513. The van der Waals surface area contributed by atoms with Crippen molar-refractivity contribution in [2.45, 2.75) is 78.0 Å². The van der Waals surface area contributed by atoms with E-state index in [-0.39, 0.29) is 5.75 Å². The number of aryl methyl sites for hydroxylation is 2. The molecule has 2 saturated heterocycles. The standard InChI is InChI=1S/C39H48FN5O5/c1-23-27-8-7-17-49-35(27)30(40)21-28(23)34-29-22-31(43(6)37(29)42-24(2)33(34)36(38(46)47)50-39(3,4)5)25-9-12-41-32(20-25)45-15-13-44(14-16-45)26-10-18-48-19-11-26/h9,12,20-22,26,36H,7-8,10-11,13-19H2,1-6H3,(H,46,47). The van der Waals surface area contributed by atoms with E-state index < -0.39 is 23.5 Å². The monoisotopic (exact) mass is 685 g/mol. The Labute approximate surface area is 293 Å². The maximum absolute atomic E-state index is 15.8. The van der Waals surface area contributed by atoms with E-state index in [0.717, 1.165) is 92.2 Å². The van der Waals surface area contributed by atoms with E-state index in [1.54, 1.807) is 0 Å². The summed E-state index contributed by atoms with van der Waals surface area (Å²) in [5, 5.41) is 11.3. The molecule has 50 heavy (non-hydrogen) atoms. The van der Waals surface area contributed by atoms with Gasteiger partial charge in [-0.15, -0.1) is 0 Å². The highest BCUT2D eigenvalue weighted by Gasteiger charge is 2.35. The Hall–Kier alpha value is -4.06. The first-order valence-corrected chi connectivity index (χ1v) is 17.8. The molecule has 1 unspecified atom stereocenters. The second-order valence-corrected chi connectivity index (χ2v) is 14.8. The number of hydrogen-bond acceptors (Lipinski definition) is 8. The normalized spacial score (nSPS) is 18.3. The molecule has 0 radical (unpaired) electrons. The lowest BCUT2D eigenvalue weighted by Crippen LogP contribution is -2.51. The van der Waals surface area contributed by atoms with E-state index in [2.05, 4.69) is 15.9 Å². The van der Waals surface area contributed by atoms with Crippen LogP contribution < -0.4 is 9.64 Å². The Bertz CT molecular complexity index is 1920. The van der Waals surface area contributed by atoms with Crippen molar-refractivity contribution in [1.29, 1.82) is 0 Å². The van der Waals surface area contributed by atoms with Crippen LogP contribution in [0.5, 0.6) is 5.75 Å². The number of aromatic nitrogens is 3. The molecule has 1 N–H and O–H groups in total. The van der Waals surface area contributed by atoms with Crippen molar-refractivity contribution < 1.29 is 28.5 Å². The van der Waals surface area contributed by atoms with Gasteiger partial charge in [0.1, 0.15) is 11.5 Å². The Balaban J connectivity index is 1.35. The number of nitrogens with zero attached hydrogens (tertiary/aromatic N) is 5. The van der Waals surface area contributed by atoms with Gasteiger partial charge in [0, 0.05) is 92.0 Å². The highest BCUT2D eigenvalue weighted by Crippen LogP contribution is 2.45. The summed E-state index contributed by atoms with van der Waals surface area (Å²) < 4.78 is 35.5. The summed E-state index contributed by atoms with van der Waals surface area (Å²) in [4.78, 5) is 27.7. The lowest BCUT2D eigenvalue weighted by Gasteiger charge is -2.41. The molecular weight excluding hydrogens is 637 g/mol. The minimum Gasteiger partial charge on any atom is -0.490 e. The number of aliphatic carboxylic acids is 1. The largest absolute Gasteiger partial charge is 0.490 e. The molecule has 3 aliphatic rings. The molecule has 0 amide bonds. The molecule has 0 aliphatic carbocycles. The second kappa shape index (κ2) is 13.6. The van der Waals surface area contributed by atoms with Crippen LogP contribution in [-0.2, 0) is 27.7 Å². The number of fused-ring (bicyclic) bond motifs is 2. The minimum absolute atomic E-state index is 0.286. The number of halogens is 1. The van der Waals surface area contributed by atoms with Crippen molar-refractivity contribution in [3.8, 4) is 28.1 Å². The van der Waals surface area contributed by atoms with E-state index in [1.165, 1.54) is 6.07 Å². The number of hydrogen-bond donors (Lipinski definition) is 1. The molecule has 0 bridgehead atoms. The third-order valence-electron chi connectivity index (χ3n) is 10.5. The van der Waals surface area contributed by atoms with Gasteiger partial charge in [0.15, 0.2) is 17.7 Å². The molecule has 3 aliphatic heterocycles. The molecule has 1 atom stereocenters. The third-order valence-corrected chi connectivity index (χ3v) is 10.5. The number of carboxylic acids is 1. The number of benzene rings is 1. The van der Waals surface area contributed by atoms with Crippen LogP contribution in [0.2, 0.25) is 0 Å². The van der Waals surface area contributed by atoms with E-state index in [1.807, 2.05) is 64.6 Å². The van der Waals surface area contributed by atoms with Gasteiger partial charge in [-0.1, -0.05) is 0 Å². The van der Waals surface area contributed by atoms with E-state index in [4.69, 9.17) is 24.2 Å². The molecule has 266 valence electrons. The van der Waals surface area contributed by atoms with Crippen LogP contribution >= 0.6 is 0 Å². The molecular formula is C39H48FN5O5. The number of carbonyl (C=O) groups is 1. The van der Waals surface area contributed by atoms with Gasteiger partial charge < -0.3 is 28.8 Å². The van der Waals surface area contributed by atoms with Crippen molar-refractivity contribution in [3.63, 3.8) is 0 Å². The van der Waals surface area contributed by atoms with Crippen LogP contribution in [-0.4, -0.2) is 88.2 Å². The van der Waals surface area contributed by atoms with Gasteiger partial charge in [-0.3, -0.25) is 4.90 Å². The molecule has 11 heteroatoms. The average Bonchev–Trinajstić information content (AvgIpc) is 3.43. The van der Waals surface area contributed by atoms with Gasteiger partial charge in [0.05, 0.1) is 17.9 Å². The quantitative estimate of drug-likeness (QED) is 0.230. The second-order valence-electron chi connectivity index (χ2n) is 14.8. The van der Waals surface area contributed by atoms with Crippen molar-refractivity contribution in [1.82, 2.24) is 19.4 Å². The summed E-state index contributed by atoms with van der Waals surface area (Å²) in [5.74, 6) is -0.379. The number of ether oxygens (including phenoxy) is 3. The summed E-state index contributed by atoms with van der Waals surface area (Å²) in [6.45, 7) is 15.2. The Morgan fingerprint density at radius 2 is 1.82 bits per heavy atom. The van der Waals surface area contributed by atoms with Crippen LogP contribution in [0.1, 0.15) is 68.5 Å². The summed E-state index contributed by atoms with van der Waals surface area (Å²) in [7, 11) is 1.97. The number of pyridine rings is 2. The Morgan fingerprint density at radius 1 is 1.08 bits per heavy atom. The minimum atomic E-state index is -1.33. The van der Waals surface area contributed by atoms with E-state index in [9.17, 15) is 9.90 Å². The zero-order valence-electron chi connectivity index (χ0n) is 30.0. The van der Waals surface area contributed by atoms with Crippen LogP contribution in [0.3, 0.4) is 0 Å². The van der Waals surface area contributed by atoms with Crippen LogP contribution in [0, 0.1) is 19.7 Å².